The molecule has 0 radical (unpaired) electrons. The van der Waals surface area contributed by atoms with Crippen LogP contribution in [0.2, 0.25) is 0 Å². The first-order valence-electron chi connectivity index (χ1n) is 4.74. The summed E-state index contributed by atoms with van der Waals surface area (Å²) in [5.41, 5.74) is 0.998. The first kappa shape index (κ1) is 9.90. The minimum atomic E-state index is 0.804. The summed E-state index contributed by atoms with van der Waals surface area (Å²) in [6.45, 7) is 7.55. The molecule has 0 aromatic heterocycles. The molecule has 2 heteroatoms. The predicted octanol–water partition coefficient (Wildman–Crippen LogP) is 2.36. The molecule has 13 heavy (non-hydrogen) atoms. The van der Waals surface area contributed by atoms with Gasteiger partial charge in [-0.3, -0.25) is 0 Å². The number of hydrogen-bond donors (Lipinski definition) is 1. The SMILES string of the molecule is C=C/C1=C(\C=C/C)OCCCCN1. The summed E-state index contributed by atoms with van der Waals surface area (Å²) in [5, 5.41) is 3.29. The van der Waals surface area contributed by atoms with Gasteiger partial charge in [0.1, 0.15) is 5.76 Å². The molecular formula is C11H17NO. The van der Waals surface area contributed by atoms with Crippen molar-refractivity contribution in [3.05, 3.63) is 36.3 Å². The van der Waals surface area contributed by atoms with E-state index >= 15 is 0 Å². The van der Waals surface area contributed by atoms with Gasteiger partial charge in [-0.1, -0.05) is 12.7 Å². The van der Waals surface area contributed by atoms with E-state index in [1.165, 1.54) is 0 Å². The highest BCUT2D eigenvalue weighted by atomic mass is 16.5. The van der Waals surface area contributed by atoms with Crippen LogP contribution in [0, 0.1) is 0 Å². The summed E-state index contributed by atoms with van der Waals surface area (Å²) in [5.74, 6) is 0.900. The van der Waals surface area contributed by atoms with Gasteiger partial charge < -0.3 is 10.1 Å². The molecule has 1 aliphatic heterocycles. The standard InChI is InChI=1S/C11H17NO/c1-3-7-11-10(4-2)12-8-5-6-9-13-11/h3-4,7,12H,2,5-6,8-9H2,1H3/b7-3-,11-10-. The second-order valence-electron chi connectivity index (χ2n) is 2.96. The van der Waals surface area contributed by atoms with Crippen molar-refractivity contribution >= 4 is 0 Å². The van der Waals surface area contributed by atoms with E-state index in [9.17, 15) is 0 Å². The second kappa shape index (κ2) is 5.46. The lowest BCUT2D eigenvalue weighted by Gasteiger charge is -2.16. The van der Waals surface area contributed by atoms with Crippen molar-refractivity contribution in [2.24, 2.45) is 0 Å². The summed E-state index contributed by atoms with van der Waals surface area (Å²) in [6.07, 6.45) is 8.01. The Bertz CT molecular complexity index is 228. The van der Waals surface area contributed by atoms with Crippen molar-refractivity contribution in [2.45, 2.75) is 19.8 Å². The number of ether oxygens (including phenoxy) is 1. The number of rotatable bonds is 2. The molecule has 0 aliphatic carbocycles. The third-order valence-electron chi connectivity index (χ3n) is 1.93. The van der Waals surface area contributed by atoms with Gasteiger partial charge in [0.05, 0.1) is 12.3 Å². The van der Waals surface area contributed by atoms with E-state index in [0.717, 1.165) is 37.4 Å². The lowest BCUT2D eigenvalue weighted by Crippen LogP contribution is -2.19. The third-order valence-corrected chi connectivity index (χ3v) is 1.93. The minimum absolute atomic E-state index is 0.804. The minimum Gasteiger partial charge on any atom is -0.491 e. The highest BCUT2D eigenvalue weighted by Gasteiger charge is 2.04. The van der Waals surface area contributed by atoms with Crippen LogP contribution in [-0.4, -0.2) is 13.2 Å². The van der Waals surface area contributed by atoms with E-state index in [0.29, 0.717) is 0 Å². The molecule has 0 spiro atoms. The van der Waals surface area contributed by atoms with Crippen molar-refractivity contribution < 1.29 is 4.74 Å². The summed E-state index contributed by atoms with van der Waals surface area (Å²) in [7, 11) is 0. The lowest BCUT2D eigenvalue weighted by atomic mass is 10.2. The molecule has 0 atom stereocenters. The molecular weight excluding hydrogens is 162 g/mol. The fourth-order valence-electron chi connectivity index (χ4n) is 1.26. The normalized spacial score (nSPS) is 24.4. The topological polar surface area (TPSA) is 21.3 Å². The summed E-state index contributed by atoms with van der Waals surface area (Å²) >= 11 is 0. The van der Waals surface area contributed by atoms with Gasteiger partial charge in [0, 0.05) is 6.54 Å². The van der Waals surface area contributed by atoms with Gasteiger partial charge in [-0.15, -0.1) is 0 Å². The van der Waals surface area contributed by atoms with Crippen molar-refractivity contribution in [3.8, 4) is 0 Å². The monoisotopic (exact) mass is 179 g/mol. The van der Waals surface area contributed by atoms with Crippen molar-refractivity contribution in [3.63, 3.8) is 0 Å². The molecule has 1 rings (SSSR count). The Morgan fingerprint density at radius 2 is 2.31 bits per heavy atom. The van der Waals surface area contributed by atoms with Gasteiger partial charge in [0.15, 0.2) is 0 Å². The van der Waals surface area contributed by atoms with E-state index in [-0.39, 0.29) is 0 Å². The fourth-order valence-corrected chi connectivity index (χ4v) is 1.26. The van der Waals surface area contributed by atoms with Crippen LogP contribution < -0.4 is 5.32 Å². The molecule has 0 fully saturated rings. The number of nitrogens with one attached hydrogen (secondary N) is 1. The average molecular weight is 179 g/mol. The molecule has 1 aliphatic rings. The molecule has 0 aromatic carbocycles. The van der Waals surface area contributed by atoms with Crippen molar-refractivity contribution in [1.29, 1.82) is 0 Å². The molecule has 0 saturated carbocycles. The number of allylic oxidation sites excluding steroid dienone is 3. The van der Waals surface area contributed by atoms with Crippen LogP contribution in [0.4, 0.5) is 0 Å². The Morgan fingerprint density at radius 1 is 1.46 bits per heavy atom. The first-order chi connectivity index (χ1) is 6.38. The highest BCUT2D eigenvalue weighted by Crippen LogP contribution is 2.10. The summed E-state index contributed by atoms with van der Waals surface area (Å²) < 4.78 is 5.59. The molecule has 0 bridgehead atoms. The van der Waals surface area contributed by atoms with Gasteiger partial charge in [-0.25, -0.2) is 0 Å². The molecule has 0 amide bonds. The van der Waals surface area contributed by atoms with Gasteiger partial charge in [0.2, 0.25) is 0 Å². The van der Waals surface area contributed by atoms with E-state index in [2.05, 4.69) is 11.9 Å². The largest absolute Gasteiger partial charge is 0.491 e. The molecule has 0 saturated heterocycles. The Kier molecular flexibility index (Phi) is 4.16. The van der Waals surface area contributed by atoms with Gasteiger partial charge >= 0.3 is 0 Å². The first-order valence-corrected chi connectivity index (χ1v) is 4.74. The molecule has 1 heterocycles. The van der Waals surface area contributed by atoms with E-state index in [1.54, 1.807) is 6.08 Å². The predicted molar refractivity (Wildman–Crippen MR) is 55.2 cm³/mol. The lowest BCUT2D eigenvalue weighted by molar-refractivity contribution is 0.208. The second-order valence-corrected chi connectivity index (χ2v) is 2.96. The van der Waals surface area contributed by atoms with Crippen LogP contribution in [0.3, 0.4) is 0 Å². The quantitative estimate of drug-likeness (QED) is 0.702. The maximum Gasteiger partial charge on any atom is 0.142 e. The van der Waals surface area contributed by atoms with E-state index < -0.39 is 0 Å². The zero-order chi connectivity index (χ0) is 9.52. The smallest absolute Gasteiger partial charge is 0.142 e. The van der Waals surface area contributed by atoms with Gasteiger partial charge in [0.25, 0.3) is 0 Å². The molecule has 72 valence electrons. The maximum atomic E-state index is 5.59. The Hall–Kier alpha value is -1.18. The molecule has 1 N–H and O–H groups in total. The van der Waals surface area contributed by atoms with Crippen LogP contribution >= 0.6 is 0 Å². The van der Waals surface area contributed by atoms with Crippen LogP contribution in [0.25, 0.3) is 0 Å². The third kappa shape index (κ3) is 2.98. The fraction of sp³-hybridized carbons (Fsp3) is 0.455. The van der Waals surface area contributed by atoms with Crippen molar-refractivity contribution in [1.82, 2.24) is 5.32 Å². The van der Waals surface area contributed by atoms with Gasteiger partial charge in [-0.05, 0) is 31.9 Å². The summed E-state index contributed by atoms with van der Waals surface area (Å²) in [6, 6.07) is 0. The maximum absolute atomic E-state index is 5.59. The Morgan fingerprint density at radius 3 is 3.00 bits per heavy atom. The molecule has 2 nitrogen and oxygen atoms in total. The zero-order valence-electron chi connectivity index (χ0n) is 8.18. The van der Waals surface area contributed by atoms with Gasteiger partial charge in [-0.2, -0.15) is 0 Å². The van der Waals surface area contributed by atoms with Crippen LogP contribution in [-0.2, 0) is 4.74 Å². The highest BCUT2D eigenvalue weighted by molar-refractivity contribution is 5.26. The molecule has 0 unspecified atom stereocenters. The van der Waals surface area contributed by atoms with Crippen LogP contribution in [0.15, 0.2) is 36.3 Å². The van der Waals surface area contributed by atoms with Crippen LogP contribution in [0.1, 0.15) is 19.8 Å². The number of hydrogen-bond acceptors (Lipinski definition) is 2. The van der Waals surface area contributed by atoms with E-state index in [1.807, 2.05) is 19.1 Å². The van der Waals surface area contributed by atoms with Crippen LogP contribution in [0.5, 0.6) is 0 Å². The average Bonchev–Trinajstić information content (AvgIpc) is 2.10. The Labute approximate surface area is 80.0 Å². The van der Waals surface area contributed by atoms with E-state index in [4.69, 9.17) is 4.74 Å². The molecule has 0 aromatic rings. The van der Waals surface area contributed by atoms with Crippen molar-refractivity contribution in [2.75, 3.05) is 13.2 Å². The Balaban J connectivity index is 2.79. The summed E-state index contributed by atoms with van der Waals surface area (Å²) in [4.78, 5) is 0. The zero-order valence-corrected chi connectivity index (χ0v) is 8.18.